The maximum Gasteiger partial charge on any atom is 0.379 e. The van der Waals surface area contributed by atoms with Gasteiger partial charge in [0, 0.05) is 0 Å². The molecule has 0 aliphatic rings. The molecule has 0 aromatic heterocycles. The van der Waals surface area contributed by atoms with Gasteiger partial charge in [-0.25, -0.2) is 0 Å². The van der Waals surface area contributed by atoms with Crippen molar-refractivity contribution in [1.82, 2.24) is 0 Å². The molecule has 3 rings (SSSR count). The molecule has 3 aromatic carbocycles. The minimum atomic E-state index is -3.67. The van der Waals surface area contributed by atoms with Gasteiger partial charge in [0.15, 0.2) is 0 Å². The van der Waals surface area contributed by atoms with E-state index in [9.17, 15) is 13.2 Å². The first-order valence-electron chi connectivity index (χ1n) is 8.05. The third-order valence-corrected chi connectivity index (χ3v) is 4.34. The first kappa shape index (κ1) is 21.8. The largest absolute Gasteiger partial charge is 0.379 e. The zero-order valence-electron chi connectivity index (χ0n) is 15.1. The summed E-state index contributed by atoms with van der Waals surface area (Å²) < 4.78 is 29.0. The Morgan fingerprint density at radius 2 is 1.15 bits per heavy atom. The van der Waals surface area contributed by atoms with Gasteiger partial charge in [-0.3, -0.25) is 0 Å². The SMILES string of the molecule is Cc1ccc(-c2cccc(-c3ccccc3)c2)c(C)c1C.FC(F)F.S. The van der Waals surface area contributed by atoms with Crippen molar-refractivity contribution in [2.24, 2.45) is 0 Å². The lowest BCUT2D eigenvalue weighted by atomic mass is 9.92. The normalized spacial score (nSPS) is 9.96. The van der Waals surface area contributed by atoms with Crippen LogP contribution in [0, 0.1) is 20.8 Å². The van der Waals surface area contributed by atoms with Crippen LogP contribution >= 0.6 is 13.5 Å². The number of hydrogen-bond donors (Lipinski definition) is 0. The summed E-state index contributed by atoms with van der Waals surface area (Å²) in [5.41, 5.74) is 9.27. The lowest BCUT2D eigenvalue weighted by Gasteiger charge is -2.12. The molecule has 26 heavy (non-hydrogen) atoms. The molecule has 0 heterocycles. The van der Waals surface area contributed by atoms with Gasteiger partial charge in [-0.2, -0.15) is 26.7 Å². The monoisotopic (exact) mass is 376 g/mol. The van der Waals surface area contributed by atoms with E-state index < -0.39 is 6.68 Å². The van der Waals surface area contributed by atoms with E-state index in [2.05, 4.69) is 87.5 Å². The molecule has 0 nitrogen and oxygen atoms in total. The fourth-order valence-corrected chi connectivity index (χ4v) is 2.77. The van der Waals surface area contributed by atoms with Gasteiger partial charge in [-0.15, -0.1) is 0 Å². The van der Waals surface area contributed by atoms with Crippen LogP contribution < -0.4 is 0 Å². The topological polar surface area (TPSA) is 0 Å². The molecule has 4 heteroatoms. The van der Waals surface area contributed by atoms with Crippen molar-refractivity contribution in [2.75, 3.05) is 0 Å². The lowest BCUT2D eigenvalue weighted by Crippen LogP contribution is -1.91. The zero-order valence-corrected chi connectivity index (χ0v) is 16.1. The van der Waals surface area contributed by atoms with Crippen LogP contribution in [0.4, 0.5) is 13.2 Å². The van der Waals surface area contributed by atoms with Gasteiger partial charge in [0.2, 0.25) is 0 Å². The molecule has 0 fully saturated rings. The van der Waals surface area contributed by atoms with Gasteiger partial charge in [0.05, 0.1) is 0 Å². The molecule has 138 valence electrons. The summed E-state index contributed by atoms with van der Waals surface area (Å²) >= 11 is 0. The maximum atomic E-state index is 9.67. The number of alkyl halides is 3. The molecule has 0 atom stereocenters. The molecule has 0 spiro atoms. The van der Waals surface area contributed by atoms with Crippen molar-refractivity contribution in [1.29, 1.82) is 0 Å². The van der Waals surface area contributed by atoms with E-state index in [1.54, 1.807) is 0 Å². The minimum absolute atomic E-state index is 0. The summed E-state index contributed by atoms with van der Waals surface area (Å²) in [7, 11) is 0. The van der Waals surface area contributed by atoms with Crippen LogP contribution in [0.15, 0.2) is 66.7 Å². The highest BCUT2D eigenvalue weighted by Crippen LogP contribution is 2.30. The Labute approximate surface area is 160 Å². The van der Waals surface area contributed by atoms with Crippen LogP contribution in [-0.2, 0) is 0 Å². The molecular weight excluding hydrogens is 353 g/mol. The maximum absolute atomic E-state index is 9.67. The van der Waals surface area contributed by atoms with Crippen molar-refractivity contribution in [2.45, 2.75) is 27.5 Å². The molecule has 0 aliphatic carbocycles. The fraction of sp³-hybridized carbons (Fsp3) is 0.182. The second-order valence-electron chi connectivity index (χ2n) is 5.87. The van der Waals surface area contributed by atoms with Crippen molar-refractivity contribution >= 4 is 13.5 Å². The van der Waals surface area contributed by atoms with Crippen molar-refractivity contribution < 1.29 is 13.2 Å². The second kappa shape index (κ2) is 10.1. The van der Waals surface area contributed by atoms with Gasteiger partial charge < -0.3 is 0 Å². The first-order valence-corrected chi connectivity index (χ1v) is 8.05. The Morgan fingerprint density at radius 1 is 0.615 bits per heavy atom. The highest BCUT2D eigenvalue weighted by Gasteiger charge is 2.07. The van der Waals surface area contributed by atoms with Crippen LogP contribution in [0.1, 0.15) is 16.7 Å². The highest BCUT2D eigenvalue weighted by molar-refractivity contribution is 7.59. The summed E-state index contributed by atoms with van der Waals surface area (Å²) in [6.45, 7) is 2.93. The Kier molecular flexibility index (Phi) is 8.46. The Balaban J connectivity index is 0.000000616. The van der Waals surface area contributed by atoms with E-state index in [-0.39, 0.29) is 13.5 Å². The Morgan fingerprint density at radius 3 is 1.77 bits per heavy atom. The molecule has 0 amide bonds. The summed E-state index contributed by atoms with van der Waals surface area (Å²) in [4.78, 5) is 0. The standard InChI is InChI=1S/C21H20.CHF3.H2S/c1-15-12-13-21(17(3)16(15)2)20-11-7-10-19(14-20)18-8-5-4-6-9-18;2-1(3)4;/h4-14H,1-3H3;1H;1H2. The second-order valence-corrected chi connectivity index (χ2v) is 5.87. The Hall–Kier alpha value is -2.20. The first-order chi connectivity index (χ1) is 11.9. The van der Waals surface area contributed by atoms with Crippen molar-refractivity contribution in [3.63, 3.8) is 0 Å². The lowest BCUT2D eigenvalue weighted by molar-refractivity contribution is 0.00819. The zero-order chi connectivity index (χ0) is 18.4. The molecule has 0 saturated heterocycles. The molecule has 0 bridgehead atoms. The van der Waals surface area contributed by atoms with Crippen LogP contribution in [0.5, 0.6) is 0 Å². The third-order valence-electron chi connectivity index (χ3n) is 4.34. The van der Waals surface area contributed by atoms with Crippen LogP contribution in [0.2, 0.25) is 0 Å². The number of hydrogen-bond acceptors (Lipinski definition) is 0. The van der Waals surface area contributed by atoms with Gasteiger partial charge in [0.25, 0.3) is 0 Å². The Bertz CT molecular complexity index is 827. The minimum Gasteiger partial charge on any atom is -0.197 e. The van der Waals surface area contributed by atoms with Crippen LogP contribution in [-0.4, -0.2) is 6.68 Å². The molecule has 0 unspecified atom stereocenters. The number of aryl methyl sites for hydroxylation is 1. The molecule has 0 radical (unpaired) electrons. The van der Waals surface area contributed by atoms with E-state index in [1.807, 2.05) is 0 Å². The van der Waals surface area contributed by atoms with Gasteiger partial charge in [0.1, 0.15) is 0 Å². The summed E-state index contributed by atoms with van der Waals surface area (Å²) in [6, 6.07) is 23.8. The number of rotatable bonds is 2. The third kappa shape index (κ3) is 5.67. The summed E-state index contributed by atoms with van der Waals surface area (Å²) in [6.07, 6.45) is 0. The molecular formula is C22H23F3S. The summed E-state index contributed by atoms with van der Waals surface area (Å²) in [5.74, 6) is 0. The van der Waals surface area contributed by atoms with Gasteiger partial charge >= 0.3 is 6.68 Å². The number of halogens is 3. The van der Waals surface area contributed by atoms with Crippen molar-refractivity contribution in [3.8, 4) is 22.3 Å². The van der Waals surface area contributed by atoms with E-state index in [0.717, 1.165) is 0 Å². The molecule has 3 aromatic rings. The molecule has 0 aliphatic heterocycles. The van der Waals surface area contributed by atoms with E-state index in [0.29, 0.717) is 0 Å². The van der Waals surface area contributed by atoms with E-state index >= 15 is 0 Å². The average Bonchev–Trinajstić information content (AvgIpc) is 2.60. The molecule has 0 N–H and O–H groups in total. The smallest absolute Gasteiger partial charge is 0.197 e. The van der Waals surface area contributed by atoms with E-state index in [1.165, 1.54) is 38.9 Å². The summed E-state index contributed by atoms with van der Waals surface area (Å²) in [5, 5.41) is 0. The highest BCUT2D eigenvalue weighted by atomic mass is 32.1. The number of benzene rings is 3. The van der Waals surface area contributed by atoms with E-state index in [4.69, 9.17) is 0 Å². The van der Waals surface area contributed by atoms with Gasteiger partial charge in [-0.1, -0.05) is 60.7 Å². The molecule has 0 saturated carbocycles. The fourth-order valence-electron chi connectivity index (χ4n) is 2.77. The quantitative estimate of drug-likeness (QED) is 0.442. The van der Waals surface area contributed by atoms with Crippen LogP contribution in [0.3, 0.4) is 0 Å². The van der Waals surface area contributed by atoms with Gasteiger partial charge in [-0.05, 0) is 65.8 Å². The van der Waals surface area contributed by atoms with Crippen molar-refractivity contribution in [3.05, 3.63) is 83.4 Å². The average molecular weight is 376 g/mol. The van der Waals surface area contributed by atoms with Crippen LogP contribution in [0.25, 0.3) is 22.3 Å². The predicted molar refractivity (Wildman–Crippen MR) is 109 cm³/mol. The predicted octanol–water partition coefficient (Wildman–Crippen LogP) is 7.24.